The summed E-state index contributed by atoms with van der Waals surface area (Å²) < 4.78 is 24.2. The minimum Gasteiger partial charge on any atom is -0.388 e. The van der Waals surface area contributed by atoms with E-state index in [-0.39, 0.29) is 26.3 Å². The molecule has 1 aromatic carbocycles. The lowest BCUT2D eigenvalue weighted by Gasteiger charge is -2.40. The van der Waals surface area contributed by atoms with Gasteiger partial charge in [-0.05, 0) is 18.2 Å². The Balaban J connectivity index is 1.66. The summed E-state index contributed by atoms with van der Waals surface area (Å²) in [4.78, 5) is 13.7. The first-order valence-corrected chi connectivity index (χ1v) is 12.7. The number of aliphatic hydroxyl groups is 6. The molecule has 0 saturated carbocycles. The van der Waals surface area contributed by atoms with Crippen LogP contribution in [-0.4, -0.2) is 114 Å². The molecule has 0 aliphatic carbocycles. The fourth-order valence-corrected chi connectivity index (χ4v) is 5.06. The Morgan fingerprint density at radius 3 is 1.72 bits per heavy atom. The average Bonchev–Trinajstić information content (AvgIpc) is 3.15. The fraction of sp³-hybridized carbons (Fsp3) is 0.560. The molecule has 0 bridgehead atoms. The van der Waals surface area contributed by atoms with E-state index in [2.05, 4.69) is 13.2 Å². The van der Waals surface area contributed by atoms with Gasteiger partial charge in [-0.15, -0.1) is 13.2 Å². The predicted molar refractivity (Wildman–Crippen MR) is 137 cm³/mol. The van der Waals surface area contributed by atoms with Gasteiger partial charge in [0.05, 0.1) is 37.3 Å². The van der Waals surface area contributed by atoms with Crippen molar-refractivity contribution in [1.29, 1.82) is 0 Å². The monoisotopic (exact) mass is 572 g/mol. The van der Waals surface area contributed by atoms with E-state index in [1.807, 2.05) is 0 Å². The molecule has 0 radical (unpaired) electrons. The zero-order chi connectivity index (χ0) is 28.4. The lowest BCUT2D eigenvalue weighted by molar-refractivity contribution is -0.290. The van der Waals surface area contributed by atoms with Crippen LogP contribution < -0.4 is 5.69 Å². The van der Waals surface area contributed by atoms with Gasteiger partial charge in [0, 0.05) is 5.02 Å². The molecule has 3 heterocycles. The van der Waals surface area contributed by atoms with E-state index >= 15 is 0 Å². The highest BCUT2D eigenvalue weighted by molar-refractivity contribution is 6.31. The quantitative estimate of drug-likeness (QED) is 0.182. The SMILES string of the molecule is C=CCOC1C(O)C(O)OC(Cn2c(=O)n(CC3OC(O)C(O)C(OCC=C)C3O)c3cc(Cl)ccc32)C1O. The van der Waals surface area contributed by atoms with E-state index in [1.54, 1.807) is 12.1 Å². The molecular weight excluding hydrogens is 540 g/mol. The zero-order valence-corrected chi connectivity index (χ0v) is 21.7. The summed E-state index contributed by atoms with van der Waals surface area (Å²) >= 11 is 6.21. The Bertz CT molecular complexity index is 1220. The lowest BCUT2D eigenvalue weighted by Crippen LogP contribution is -2.60. The van der Waals surface area contributed by atoms with Gasteiger partial charge in [0.25, 0.3) is 0 Å². The van der Waals surface area contributed by atoms with Gasteiger partial charge in [0.1, 0.15) is 48.8 Å². The van der Waals surface area contributed by atoms with Crippen LogP contribution in [0.4, 0.5) is 0 Å². The maximum atomic E-state index is 13.7. The summed E-state index contributed by atoms with van der Waals surface area (Å²) in [6, 6.07) is 4.66. The van der Waals surface area contributed by atoms with Gasteiger partial charge in [-0.25, -0.2) is 4.79 Å². The fourth-order valence-electron chi connectivity index (χ4n) is 4.89. The van der Waals surface area contributed by atoms with Crippen molar-refractivity contribution in [3.63, 3.8) is 0 Å². The van der Waals surface area contributed by atoms with Gasteiger partial charge >= 0.3 is 5.69 Å². The normalized spacial score (nSPS) is 35.3. The summed E-state index contributed by atoms with van der Waals surface area (Å²) in [5.41, 5.74) is 0.125. The Hall–Kier alpha value is -2.14. The molecule has 1 aromatic heterocycles. The molecule has 13 nitrogen and oxygen atoms in total. The van der Waals surface area contributed by atoms with Crippen LogP contribution in [0.15, 0.2) is 48.3 Å². The molecule has 2 aliphatic rings. The second-order valence-corrected chi connectivity index (χ2v) is 9.84. The van der Waals surface area contributed by atoms with E-state index in [9.17, 15) is 35.4 Å². The van der Waals surface area contributed by atoms with Crippen LogP contribution in [0.5, 0.6) is 0 Å². The van der Waals surface area contributed by atoms with Crippen molar-refractivity contribution >= 4 is 22.6 Å². The van der Waals surface area contributed by atoms with Crippen molar-refractivity contribution in [1.82, 2.24) is 9.13 Å². The molecule has 2 saturated heterocycles. The second-order valence-electron chi connectivity index (χ2n) is 9.40. The first-order chi connectivity index (χ1) is 18.6. The number of aliphatic hydroxyl groups excluding tert-OH is 6. The van der Waals surface area contributed by atoms with Crippen molar-refractivity contribution in [2.75, 3.05) is 13.2 Å². The summed E-state index contributed by atoms with van der Waals surface area (Å²) in [5.74, 6) is 0. The minimum absolute atomic E-state index is 0.00223. The molecule has 39 heavy (non-hydrogen) atoms. The third-order valence-electron chi connectivity index (χ3n) is 6.84. The van der Waals surface area contributed by atoms with Crippen LogP contribution in [0.1, 0.15) is 0 Å². The zero-order valence-electron chi connectivity index (χ0n) is 20.9. The average molecular weight is 573 g/mol. The number of rotatable bonds is 10. The van der Waals surface area contributed by atoms with Gasteiger partial charge in [0.15, 0.2) is 12.6 Å². The first kappa shape index (κ1) is 29.8. The van der Waals surface area contributed by atoms with Crippen LogP contribution in [-0.2, 0) is 32.0 Å². The highest BCUT2D eigenvalue weighted by Gasteiger charge is 2.46. The van der Waals surface area contributed by atoms with Gasteiger partial charge in [-0.2, -0.15) is 0 Å². The number of fused-ring (bicyclic) bond motifs is 1. The van der Waals surface area contributed by atoms with Gasteiger partial charge in [-0.3, -0.25) is 9.13 Å². The minimum atomic E-state index is -1.69. The Morgan fingerprint density at radius 1 is 0.795 bits per heavy atom. The molecule has 14 heteroatoms. The van der Waals surface area contributed by atoms with Crippen molar-refractivity contribution in [3.8, 4) is 0 Å². The largest absolute Gasteiger partial charge is 0.388 e. The number of hydrogen-bond acceptors (Lipinski definition) is 11. The lowest BCUT2D eigenvalue weighted by atomic mass is 9.98. The maximum absolute atomic E-state index is 13.7. The van der Waals surface area contributed by atoms with Crippen LogP contribution >= 0.6 is 11.6 Å². The molecule has 10 atom stereocenters. The molecule has 2 aromatic rings. The van der Waals surface area contributed by atoms with Crippen LogP contribution in [0, 0.1) is 0 Å². The first-order valence-electron chi connectivity index (χ1n) is 12.3. The molecule has 10 unspecified atom stereocenters. The number of nitrogens with zero attached hydrogens (tertiary/aromatic N) is 2. The summed E-state index contributed by atoms with van der Waals surface area (Å²) in [5, 5.41) is 62.9. The predicted octanol–water partition coefficient (Wildman–Crippen LogP) is -1.52. The highest BCUT2D eigenvalue weighted by Crippen LogP contribution is 2.28. The molecule has 216 valence electrons. The summed E-state index contributed by atoms with van der Waals surface area (Å²) in [6.45, 7) is 6.54. The summed E-state index contributed by atoms with van der Waals surface area (Å²) in [6.07, 6.45) is -11.2. The number of imidazole rings is 1. The smallest absolute Gasteiger partial charge is 0.329 e. The Morgan fingerprint density at radius 2 is 1.26 bits per heavy atom. The van der Waals surface area contributed by atoms with Gasteiger partial charge < -0.3 is 49.6 Å². The van der Waals surface area contributed by atoms with Crippen molar-refractivity contribution in [2.24, 2.45) is 0 Å². The Kier molecular flexibility index (Phi) is 9.62. The van der Waals surface area contributed by atoms with Crippen LogP contribution in [0.3, 0.4) is 0 Å². The number of halogens is 1. The standard InChI is InChI=1S/C25H33ClN2O11/c1-3-7-36-21-17(29)15(38-23(33)19(21)31)10-27-13-6-5-12(26)9-14(13)28(25(27)35)11-16-18(30)22(37-8-4-2)20(32)24(34)39-16/h3-6,9,15-24,29-34H,1-2,7-8,10-11H2. The molecule has 0 amide bonds. The number of hydrogen-bond donors (Lipinski definition) is 6. The van der Waals surface area contributed by atoms with Crippen molar-refractivity contribution in [3.05, 3.63) is 59.0 Å². The van der Waals surface area contributed by atoms with Crippen molar-refractivity contribution in [2.45, 2.75) is 74.5 Å². The van der Waals surface area contributed by atoms with E-state index in [0.29, 0.717) is 16.1 Å². The summed E-state index contributed by atoms with van der Waals surface area (Å²) in [7, 11) is 0. The molecule has 6 N–H and O–H groups in total. The van der Waals surface area contributed by atoms with Crippen LogP contribution in [0.25, 0.3) is 11.0 Å². The molecule has 4 rings (SSSR count). The number of aromatic nitrogens is 2. The Labute approximate surface area is 228 Å². The third kappa shape index (κ3) is 5.99. The van der Waals surface area contributed by atoms with E-state index in [4.69, 9.17) is 30.5 Å². The third-order valence-corrected chi connectivity index (χ3v) is 7.08. The van der Waals surface area contributed by atoms with E-state index < -0.39 is 67.1 Å². The number of ether oxygens (including phenoxy) is 4. The van der Waals surface area contributed by atoms with Crippen LogP contribution in [0.2, 0.25) is 5.02 Å². The van der Waals surface area contributed by atoms with E-state index in [0.717, 1.165) is 0 Å². The number of benzene rings is 1. The molecule has 0 spiro atoms. The van der Waals surface area contributed by atoms with Gasteiger partial charge in [-0.1, -0.05) is 23.8 Å². The molecule has 2 fully saturated rings. The maximum Gasteiger partial charge on any atom is 0.329 e. The molecule has 2 aliphatic heterocycles. The van der Waals surface area contributed by atoms with E-state index in [1.165, 1.54) is 27.4 Å². The topological polar surface area (TPSA) is 185 Å². The highest BCUT2D eigenvalue weighted by atomic mass is 35.5. The van der Waals surface area contributed by atoms with Crippen molar-refractivity contribution < 1.29 is 49.6 Å². The van der Waals surface area contributed by atoms with Gasteiger partial charge in [0.2, 0.25) is 0 Å². The second kappa shape index (κ2) is 12.6. The molecular formula is C25H33ClN2O11.